The van der Waals surface area contributed by atoms with Gasteiger partial charge in [-0.15, -0.1) is 0 Å². The third kappa shape index (κ3) is 2.14. The minimum absolute atomic E-state index is 1.15. The van der Waals surface area contributed by atoms with Gasteiger partial charge in [0.05, 0.1) is 5.69 Å². The maximum absolute atomic E-state index is 4.25. The van der Waals surface area contributed by atoms with E-state index in [1.807, 2.05) is 17.9 Å². The highest BCUT2D eigenvalue weighted by molar-refractivity contribution is 5.75. The molecule has 2 aromatic carbocycles. The topological polar surface area (TPSA) is 17.8 Å². The maximum atomic E-state index is 4.25. The van der Waals surface area contributed by atoms with Crippen LogP contribution in [0.25, 0.3) is 22.4 Å². The van der Waals surface area contributed by atoms with Gasteiger partial charge in [0.2, 0.25) is 0 Å². The monoisotopic (exact) mass is 262 g/mol. The van der Waals surface area contributed by atoms with Gasteiger partial charge in [0, 0.05) is 18.8 Å². The zero-order valence-electron chi connectivity index (χ0n) is 12.1. The molecule has 1 heterocycles. The molecular formula is C18H18N2. The third-order valence-corrected chi connectivity index (χ3v) is 3.71. The van der Waals surface area contributed by atoms with Crippen LogP contribution in [0.15, 0.2) is 54.7 Å². The van der Waals surface area contributed by atoms with Gasteiger partial charge in [-0.3, -0.25) is 4.68 Å². The maximum Gasteiger partial charge on any atom is 0.0679 e. The van der Waals surface area contributed by atoms with Crippen molar-refractivity contribution < 1.29 is 0 Å². The molecule has 0 fully saturated rings. The molecule has 0 saturated heterocycles. The normalized spacial score (nSPS) is 10.8. The first-order chi connectivity index (χ1) is 9.66. The Morgan fingerprint density at radius 1 is 0.850 bits per heavy atom. The molecular weight excluding hydrogens is 244 g/mol. The molecule has 3 rings (SSSR count). The molecule has 0 bridgehead atoms. The fourth-order valence-electron chi connectivity index (χ4n) is 2.83. The lowest BCUT2D eigenvalue weighted by Gasteiger charge is -2.13. The van der Waals surface area contributed by atoms with E-state index in [4.69, 9.17) is 0 Å². The van der Waals surface area contributed by atoms with Crippen molar-refractivity contribution in [1.29, 1.82) is 0 Å². The number of hydrogen-bond donors (Lipinski definition) is 0. The van der Waals surface area contributed by atoms with Crippen molar-refractivity contribution in [3.05, 3.63) is 65.9 Å². The molecule has 1 aromatic heterocycles. The van der Waals surface area contributed by atoms with Crippen LogP contribution >= 0.6 is 0 Å². The van der Waals surface area contributed by atoms with E-state index < -0.39 is 0 Å². The second-order valence-electron chi connectivity index (χ2n) is 5.19. The summed E-state index contributed by atoms with van der Waals surface area (Å²) in [5, 5.41) is 4.25. The van der Waals surface area contributed by atoms with E-state index in [1.165, 1.54) is 27.8 Å². The highest BCUT2D eigenvalue weighted by atomic mass is 15.2. The van der Waals surface area contributed by atoms with Crippen molar-refractivity contribution in [3.63, 3.8) is 0 Å². The summed E-state index contributed by atoms with van der Waals surface area (Å²) in [6, 6.07) is 17.1. The van der Waals surface area contributed by atoms with Crippen molar-refractivity contribution in [3.8, 4) is 22.4 Å². The highest BCUT2D eigenvalue weighted by Crippen LogP contribution is 2.31. The third-order valence-electron chi connectivity index (χ3n) is 3.71. The van der Waals surface area contributed by atoms with Crippen molar-refractivity contribution in [1.82, 2.24) is 9.78 Å². The molecule has 0 radical (unpaired) electrons. The number of aryl methyl sites for hydroxylation is 3. The van der Waals surface area contributed by atoms with E-state index in [0.29, 0.717) is 0 Å². The van der Waals surface area contributed by atoms with E-state index in [9.17, 15) is 0 Å². The van der Waals surface area contributed by atoms with Crippen molar-refractivity contribution in [2.75, 3.05) is 0 Å². The zero-order valence-corrected chi connectivity index (χ0v) is 12.1. The SMILES string of the molecule is Cc1cc(-c2ccnn2C)cc(C)c1-c1ccccc1. The van der Waals surface area contributed by atoms with Gasteiger partial charge in [-0.05, 0) is 54.3 Å². The van der Waals surface area contributed by atoms with Gasteiger partial charge >= 0.3 is 0 Å². The average molecular weight is 262 g/mol. The number of hydrogen-bond acceptors (Lipinski definition) is 1. The minimum Gasteiger partial charge on any atom is -0.268 e. The first kappa shape index (κ1) is 12.7. The van der Waals surface area contributed by atoms with Crippen LogP contribution in [0.1, 0.15) is 11.1 Å². The molecule has 0 amide bonds. The van der Waals surface area contributed by atoms with Crippen LogP contribution in [0, 0.1) is 13.8 Å². The van der Waals surface area contributed by atoms with Gasteiger partial charge in [0.25, 0.3) is 0 Å². The summed E-state index contributed by atoms with van der Waals surface area (Å²) in [7, 11) is 1.98. The van der Waals surface area contributed by atoms with Gasteiger partial charge in [0.1, 0.15) is 0 Å². The Labute approximate surface area is 119 Å². The molecule has 20 heavy (non-hydrogen) atoms. The Balaban J connectivity index is 2.15. The standard InChI is InChI=1S/C18H18N2/c1-13-11-16(17-9-10-19-20(17)3)12-14(2)18(13)15-7-5-4-6-8-15/h4-12H,1-3H3. The molecule has 0 aliphatic heterocycles. The van der Waals surface area contributed by atoms with Crippen LogP contribution in [0.3, 0.4) is 0 Å². The Bertz CT molecular complexity index is 716. The van der Waals surface area contributed by atoms with Crippen molar-refractivity contribution in [2.24, 2.45) is 7.05 Å². The first-order valence-electron chi connectivity index (χ1n) is 6.82. The Morgan fingerprint density at radius 3 is 2.05 bits per heavy atom. The lowest BCUT2D eigenvalue weighted by Crippen LogP contribution is -1.96. The second-order valence-corrected chi connectivity index (χ2v) is 5.19. The van der Waals surface area contributed by atoms with E-state index in [2.05, 4.69) is 67.5 Å². The average Bonchev–Trinajstić information content (AvgIpc) is 2.85. The van der Waals surface area contributed by atoms with E-state index in [0.717, 1.165) is 5.69 Å². The molecule has 0 aliphatic carbocycles. The van der Waals surface area contributed by atoms with E-state index >= 15 is 0 Å². The van der Waals surface area contributed by atoms with Crippen LogP contribution in [0.4, 0.5) is 0 Å². The summed E-state index contributed by atoms with van der Waals surface area (Å²) < 4.78 is 1.91. The zero-order chi connectivity index (χ0) is 14.1. The van der Waals surface area contributed by atoms with Gasteiger partial charge < -0.3 is 0 Å². The van der Waals surface area contributed by atoms with E-state index in [-0.39, 0.29) is 0 Å². The van der Waals surface area contributed by atoms with Crippen LogP contribution in [0.5, 0.6) is 0 Å². The molecule has 0 unspecified atom stereocenters. The minimum atomic E-state index is 1.15. The van der Waals surface area contributed by atoms with Crippen LogP contribution in [-0.4, -0.2) is 9.78 Å². The molecule has 100 valence electrons. The van der Waals surface area contributed by atoms with Crippen LogP contribution < -0.4 is 0 Å². The number of aromatic nitrogens is 2. The lowest BCUT2D eigenvalue weighted by atomic mass is 9.93. The molecule has 0 atom stereocenters. The Hall–Kier alpha value is -2.35. The quantitative estimate of drug-likeness (QED) is 0.670. The molecule has 2 nitrogen and oxygen atoms in total. The van der Waals surface area contributed by atoms with E-state index in [1.54, 1.807) is 0 Å². The predicted octanol–water partition coefficient (Wildman–Crippen LogP) is 4.37. The summed E-state index contributed by atoms with van der Waals surface area (Å²) in [5.74, 6) is 0. The largest absolute Gasteiger partial charge is 0.268 e. The van der Waals surface area contributed by atoms with Crippen molar-refractivity contribution in [2.45, 2.75) is 13.8 Å². The number of nitrogens with zero attached hydrogens (tertiary/aromatic N) is 2. The smallest absolute Gasteiger partial charge is 0.0679 e. The molecule has 3 aromatic rings. The highest BCUT2D eigenvalue weighted by Gasteiger charge is 2.10. The van der Waals surface area contributed by atoms with Gasteiger partial charge in [0.15, 0.2) is 0 Å². The van der Waals surface area contributed by atoms with Gasteiger partial charge in [-0.1, -0.05) is 30.3 Å². The summed E-state index contributed by atoms with van der Waals surface area (Å²) in [4.78, 5) is 0. The molecule has 2 heteroatoms. The fourth-order valence-corrected chi connectivity index (χ4v) is 2.83. The summed E-state index contributed by atoms with van der Waals surface area (Å²) in [5.41, 5.74) is 7.57. The van der Waals surface area contributed by atoms with Gasteiger partial charge in [-0.2, -0.15) is 5.10 Å². The summed E-state index contributed by atoms with van der Waals surface area (Å²) in [6.45, 7) is 4.35. The Kier molecular flexibility index (Phi) is 3.15. The molecule has 0 spiro atoms. The summed E-state index contributed by atoms with van der Waals surface area (Å²) >= 11 is 0. The summed E-state index contributed by atoms with van der Waals surface area (Å²) in [6.07, 6.45) is 1.84. The number of benzene rings is 2. The lowest BCUT2D eigenvalue weighted by molar-refractivity contribution is 0.776. The van der Waals surface area contributed by atoms with Crippen LogP contribution in [-0.2, 0) is 7.05 Å². The first-order valence-corrected chi connectivity index (χ1v) is 6.82. The molecule has 0 aliphatic rings. The number of rotatable bonds is 2. The predicted molar refractivity (Wildman–Crippen MR) is 83.6 cm³/mol. The molecule has 0 N–H and O–H groups in total. The molecule has 0 saturated carbocycles. The van der Waals surface area contributed by atoms with Gasteiger partial charge in [-0.25, -0.2) is 0 Å². The Morgan fingerprint density at radius 2 is 1.50 bits per heavy atom. The van der Waals surface area contributed by atoms with Crippen molar-refractivity contribution >= 4 is 0 Å². The second kappa shape index (κ2) is 4.97. The fraction of sp³-hybridized carbons (Fsp3) is 0.167. The van der Waals surface area contributed by atoms with Crippen LogP contribution in [0.2, 0.25) is 0 Å².